The molecule has 1 aliphatic rings. The van der Waals surface area contributed by atoms with E-state index in [1.807, 2.05) is 0 Å². The second kappa shape index (κ2) is 13.5. The van der Waals surface area contributed by atoms with Crippen molar-refractivity contribution in [3.63, 3.8) is 0 Å². The van der Waals surface area contributed by atoms with Gasteiger partial charge in [-0.2, -0.15) is 0 Å². The minimum absolute atomic E-state index is 0.0874. The van der Waals surface area contributed by atoms with Crippen LogP contribution in [0.1, 0.15) is 25.0 Å². The van der Waals surface area contributed by atoms with Crippen LogP contribution in [0, 0.1) is 0 Å². The highest BCUT2D eigenvalue weighted by Gasteiger charge is 2.36. The van der Waals surface area contributed by atoms with Gasteiger partial charge in [0.2, 0.25) is 0 Å². The van der Waals surface area contributed by atoms with E-state index < -0.39 is 0 Å². The van der Waals surface area contributed by atoms with Gasteiger partial charge in [-0.15, -0.1) is 0 Å². The first kappa shape index (κ1) is 34.1. The number of nitrogens with zero attached hydrogens (tertiary/aromatic N) is 1. The summed E-state index contributed by atoms with van der Waals surface area (Å²) in [5.41, 5.74) is 16.0. The Labute approximate surface area is 340 Å². The Hall–Kier alpha value is -7.22. The Morgan fingerprint density at radius 2 is 0.862 bits per heavy atom. The first-order valence-corrected chi connectivity index (χ1v) is 20.3. The van der Waals surface area contributed by atoms with Gasteiger partial charge < -0.3 is 4.90 Å². The van der Waals surface area contributed by atoms with Crippen LogP contribution in [0.5, 0.6) is 0 Å². The van der Waals surface area contributed by atoms with Gasteiger partial charge in [-0.25, -0.2) is 0 Å². The monoisotopic (exact) mass is 739 g/mol. The predicted octanol–water partition coefficient (Wildman–Crippen LogP) is 15.9. The minimum Gasteiger partial charge on any atom is -0.309 e. The van der Waals surface area contributed by atoms with E-state index >= 15 is 0 Å². The van der Waals surface area contributed by atoms with Gasteiger partial charge in [-0.05, 0) is 101 Å². The normalized spacial score (nSPS) is 12.8. The summed E-state index contributed by atoms with van der Waals surface area (Å²) in [5, 5.41) is 7.38. The summed E-state index contributed by atoms with van der Waals surface area (Å²) in [6.07, 6.45) is 0. The molecule has 0 heterocycles. The standard InChI is InChI=1S/C57H41N/c1-57(2)52-31-16-15-26-46(52)51-37-43(33-35-53(51)57)58(56-49-29-13-11-27-47(49)55(40-21-7-4-8-22-40)48-28-12-14-30-50(48)56)42-24-17-23-41(36-42)45-34-32-38-18-9-10-25-44(38)54(45)39-19-5-3-6-20-39/h3-37H,1-2H3. The predicted molar refractivity (Wildman–Crippen MR) is 248 cm³/mol. The Kier molecular flexibility index (Phi) is 7.91. The summed E-state index contributed by atoms with van der Waals surface area (Å²) in [6.45, 7) is 4.71. The highest BCUT2D eigenvalue weighted by Crippen LogP contribution is 2.53. The van der Waals surface area contributed by atoms with Gasteiger partial charge in [0.25, 0.3) is 0 Å². The van der Waals surface area contributed by atoms with Crippen LogP contribution in [0.2, 0.25) is 0 Å². The van der Waals surface area contributed by atoms with Gasteiger partial charge in [-0.1, -0.05) is 202 Å². The molecule has 0 aromatic heterocycles. The lowest BCUT2D eigenvalue weighted by Gasteiger charge is -2.31. The average molecular weight is 740 g/mol. The van der Waals surface area contributed by atoms with E-state index in [2.05, 4.69) is 231 Å². The molecule has 58 heavy (non-hydrogen) atoms. The van der Waals surface area contributed by atoms with Crippen molar-refractivity contribution in [1.82, 2.24) is 0 Å². The summed E-state index contributed by atoms with van der Waals surface area (Å²) in [6, 6.07) is 78.3. The van der Waals surface area contributed by atoms with Crippen LogP contribution in [0.15, 0.2) is 212 Å². The molecule has 0 amide bonds. The van der Waals surface area contributed by atoms with Crippen LogP contribution in [-0.2, 0) is 5.41 Å². The smallest absolute Gasteiger partial charge is 0.0618 e. The first-order valence-electron chi connectivity index (χ1n) is 20.3. The maximum Gasteiger partial charge on any atom is 0.0618 e. The lowest BCUT2D eigenvalue weighted by Crippen LogP contribution is -2.15. The van der Waals surface area contributed by atoms with Crippen molar-refractivity contribution in [2.24, 2.45) is 0 Å². The van der Waals surface area contributed by atoms with E-state index in [1.54, 1.807) is 0 Å². The molecule has 0 spiro atoms. The summed E-state index contributed by atoms with van der Waals surface area (Å²) < 4.78 is 0. The van der Waals surface area contributed by atoms with Crippen molar-refractivity contribution >= 4 is 49.4 Å². The number of fused-ring (bicyclic) bond motifs is 6. The fraction of sp³-hybridized carbons (Fsp3) is 0.0526. The third-order valence-electron chi connectivity index (χ3n) is 12.4. The number of hydrogen-bond donors (Lipinski definition) is 0. The van der Waals surface area contributed by atoms with Crippen molar-refractivity contribution in [2.75, 3.05) is 4.90 Å². The highest BCUT2D eigenvalue weighted by atomic mass is 15.1. The zero-order valence-corrected chi connectivity index (χ0v) is 32.7. The van der Waals surface area contributed by atoms with Gasteiger partial charge in [0.1, 0.15) is 0 Å². The average Bonchev–Trinajstić information content (AvgIpc) is 3.51. The van der Waals surface area contributed by atoms with Gasteiger partial charge in [0.05, 0.1) is 5.69 Å². The van der Waals surface area contributed by atoms with Crippen molar-refractivity contribution in [3.8, 4) is 44.5 Å². The quantitative estimate of drug-likeness (QED) is 0.154. The molecule has 11 rings (SSSR count). The number of anilines is 3. The van der Waals surface area contributed by atoms with Crippen LogP contribution >= 0.6 is 0 Å². The van der Waals surface area contributed by atoms with Gasteiger partial charge in [0, 0.05) is 27.6 Å². The van der Waals surface area contributed by atoms with Gasteiger partial charge >= 0.3 is 0 Å². The second-order valence-corrected chi connectivity index (χ2v) is 16.0. The van der Waals surface area contributed by atoms with Crippen molar-refractivity contribution in [3.05, 3.63) is 223 Å². The Balaban J connectivity index is 1.22. The third-order valence-corrected chi connectivity index (χ3v) is 12.4. The fourth-order valence-electron chi connectivity index (χ4n) is 9.76. The molecule has 0 saturated carbocycles. The van der Waals surface area contributed by atoms with E-state index in [1.165, 1.54) is 93.6 Å². The van der Waals surface area contributed by atoms with E-state index in [0.717, 1.165) is 11.4 Å². The molecule has 0 aliphatic heterocycles. The topological polar surface area (TPSA) is 3.24 Å². The SMILES string of the molecule is CC1(C)c2ccccc2-c2cc(N(c3cccc(-c4ccc5ccccc5c4-c4ccccc4)c3)c3c4ccccc4c(-c4ccccc4)c4ccccc34)ccc21. The van der Waals surface area contributed by atoms with Crippen LogP contribution in [0.3, 0.4) is 0 Å². The second-order valence-electron chi connectivity index (χ2n) is 16.0. The Bertz CT molecular complexity index is 3140. The van der Waals surface area contributed by atoms with E-state index in [0.29, 0.717) is 0 Å². The van der Waals surface area contributed by atoms with Crippen LogP contribution in [0.25, 0.3) is 76.8 Å². The number of rotatable bonds is 6. The molecule has 274 valence electrons. The zero-order chi connectivity index (χ0) is 38.8. The fourth-order valence-corrected chi connectivity index (χ4v) is 9.76. The van der Waals surface area contributed by atoms with Gasteiger partial charge in [-0.3, -0.25) is 0 Å². The molecule has 10 aromatic carbocycles. The largest absolute Gasteiger partial charge is 0.309 e. The molecule has 0 unspecified atom stereocenters. The lowest BCUT2D eigenvalue weighted by atomic mass is 9.82. The maximum absolute atomic E-state index is 2.53. The molecule has 1 aliphatic carbocycles. The third kappa shape index (κ3) is 5.31. The molecule has 1 nitrogen and oxygen atoms in total. The Morgan fingerprint density at radius 1 is 0.328 bits per heavy atom. The van der Waals surface area contributed by atoms with Crippen LogP contribution in [-0.4, -0.2) is 0 Å². The molecular weight excluding hydrogens is 699 g/mol. The lowest BCUT2D eigenvalue weighted by molar-refractivity contribution is 0.660. The van der Waals surface area contributed by atoms with Crippen molar-refractivity contribution in [1.29, 1.82) is 0 Å². The highest BCUT2D eigenvalue weighted by molar-refractivity contribution is 6.22. The summed E-state index contributed by atoms with van der Waals surface area (Å²) in [4.78, 5) is 2.53. The van der Waals surface area contributed by atoms with Crippen molar-refractivity contribution < 1.29 is 0 Å². The molecule has 0 fully saturated rings. The van der Waals surface area contributed by atoms with E-state index in [-0.39, 0.29) is 5.41 Å². The van der Waals surface area contributed by atoms with E-state index in [4.69, 9.17) is 0 Å². The maximum atomic E-state index is 2.53. The van der Waals surface area contributed by atoms with E-state index in [9.17, 15) is 0 Å². The first-order chi connectivity index (χ1) is 28.6. The molecule has 10 aromatic rings. The number of benzene rings is 10. The molecular formula is C57H41N. The van der Waals surface area contributed by atoms with Gasteiger partial charge in [0.15, 0.2) is 0 Å². The summed E-state index contributed by atoms with van der Waals surface area (Å²) >= 11 is 0. The minimum atomic E-state index is -0.0874. The molecule has 0 N–H and O–H groups in total. The molecule has 0 atom stereocenters. The summed E-state index contributed by atoms with van der Waals surface area (Å²) in [7, 11) is 0. The van der Waals surface area contributed by atoms with Crippen LogP contribution in [0.4, 0.5) is 17.1 Å². The van der Waals surface area contributed by atoms with Crippen molar-refractivity contribution in [2.45, 2.75) is 19.3 Å². The number of hydrogen-bond acceptors (Lipinski definition) is 1. The Morgan fingerprint density at radius 3 is 1.57 bits per heavy atom. The zero-order valence-electron chi connectivity index (χ0n) is 32.7. The molecule has 0 saturated heterocycles. The summed E-state index contributed by atoms with van der Waals surface area (Å²) in [5.74, 6) is 0. The molecule has 1 heteroatoms. The van der Waals surface area contributed by atoms with Crippen LogP contribution < -0.4 is 4.90 Å². The molecule has 0 radical (unpaired) electrons. The molecule has 0 bridgehead atoms.